The van der Waals surface area contributed by atoms with Gasteiger partial charge < -0.3 is 4.74 Å². The quantitative estimate of drug-likeness (QED) is 0.147. The van der Waals surface area contributed by atoms with Crippen LogP contribution < -0.4 is 4.74 Å². The number of rotatable bonds is 7. The molecular weight excluding hydrogens is 581 g/mol. The summed E-state index contributed by atoms with van der Waals surface area (Å²) in [4.78, 5) is 0. The van der Waals surface area contributed by atoms with Gasteiger partial charge in [-0.3, -0.25) is 0 Å². The highest BCUT2D eigenvalue weighted by molar-refractivity contribution is 6.30. The summed E-state index contributed by atoms with van der Waals surface area (Å²) in [6.07, 6.45) is 6.23. The molecule has 0 heterocycles. The highest BCUT2D eigenvalue weighted by Gasteiger charge is 2.42. The second kappa shape index (κ2) is 12.3. The van der Waals surface area contributed by atoms with Gasteiger partial charge in [-0.2, -0.15) is 8.78 Å². The zero-order valence-corrected chi connectivity index (χ0v) is 23.5. The van der Waals surface area contributed by atoms with Crippen molar-refractivity contribution >= 4 is 11.6 Å². The van der Waals surface area contributed by atoms with Crippen molar-refractivity contribution in [1.29, 1.82) is 0 Å². The van der Waals surface area contributed by atoms with E-state index in [2.05, 4.69) is 17.4 Å². The third-order valence-corrected chi connectivity index (χ3v) is 9.26. The number of allylic oxidation sites excluding steroid dienone is 1. The first-order valence-electron chi connectivity index (χ1n) is 14.1. The monoisotopic (exact) mass is 610 g/mol. The zero-order valence-electron chi connectivity index (χ0n) is 22.7. The standard InChI is InChI=1S/C33H30ClF7O/c1-2-18-3-5-19(6-4-18)20-7-9-21(10-8-20)22-11-12-25(26(35)13-22)23-14-27(36)31(28(37)15-23)33(40,41)42-24-16-29(38)32(34)30(39)17-24/h2,11-21H,1,3-10H2. The molecule has 2 aliphatic carbocycles. The van der Waals surface area contributed by atoms with Gasteiger partial charge in [-0.15, -0.1) is 6.58 Å². The molecule has 1 nitrogen and oxygen atoms in total. The normalized spacial score (nSPS) is 23.0. The van der Waals surface area contributed by atoms with Crippen molar-refractivity contribution in [3.63, 3.8) is 0 Å². The molecule has 2 aliphatic rings. The maximum absolute atomic E-state index is 15.2. The minimum Gasteiger partial charge on any atom is -0.429 e. The van der Waals surface area contributed by atoms with Gasteiger partial charge in [0, 0.05) is 17.7 Å². The Bertz CT molecular complexity index is 1410. The van der Waals surface area contributed by atoms with Crippen LogP contribution in [0.15, 0.2) is 55.1 Å². The molecule has 0 atom stereocenters. The molecule has 0 radical (unpaired) electrons. The first kappa shape index (κ1) is 30.5. The molecule has 42 heavy (non-hydrogen) atoms. The Kier molecular flexibility index (Phi) is 8.93. The molecule has 3 aromatic rings. The Balaban J connectivity index is 1.29. The van der Waals surface area contributed by atoms with E-state index in [1.54, 1.807) is 6.07 Å². The second-order valence-electron chi connectivity index (χ2n) is 11.4. The van der Waals surface area contributed by atoms with E-state index in [1.165, 1.54) is 37.8 Å². The predicted molar refractivity (Wildman–Crippen MR) is 148 cm³/mol. The largest absolute Gasteiger partial charge is 0.432 e. The summed E-state index contributed by atoms with van der Waals surface area (Å²) in [5.74, 6) is -5.79. The second-order valence-corrected chi connectivity index (χ2v) is 11.8. The lowest BCUT2D eigenvalue weighted by molar-refractivity contribution is -0.189. The molecule has 2 fully saturated rings. The SMILES string of the molecule is C=CC1CCC(C2CCC(c3ccc(-c4cc(F)c(C(F)(F)Oc5cc(F)c(Cl)c(F)c5)c(F)c4)c(F)c3)CC2)CC1. The highest BCUT2D eigenvalue weighted by Crippen LogP contribution is 2.45. The van der Waals surface area contributed by atoms with Crippen LogP contribution >= 0.6 is 11.6 Å². The van der Waals surface area contributed by atoms with Crippen LogP contribution in [0.5, 0.6) is 5.75 Å². The number of halogens is 8. The van der Waals surface area contributed by atoms with Crippen LogP contribution in [0.3, 0.4) is 0 Å². The maximum Gasteiger partial charge on any atom is 0.432 e. The van der Waals surface area contributed by atoms with E-state index in [0.717, 1.165) is 37.2 Å². The van der Waals surface area contributed by atoms with Gasteiger partial charge in [0.2, 0.25) is 0 Å². The fraction of sp³-hybridized carbons (Fsp3) is 0.394. The number of alkyl halides is 2. The fourth-order valence-corrected chi connectivity index (χ4v) is 6.70. The molecule has 0 N–H and O–H groups in total. The fourth-order valence-electron chi connectivity index (χ4n) is 6.59. The molecule has 0 spiro atoms. The van der Waals surface area contributed by atoms with Crippen molar-refractivity contribution in [2.75, 3.05) is 0 Å². The molecule has 0 aliphatic heterocycles. The summed E-state index contributed by atoms with van der Waals surface area (Å²) in [6, 6.07) is 6.33. The molecule has 0 bridgehead atoms. The maximum atomic E-state index is 15.2. The van der Waals surface area contributed by atoms with Crippen LogP contribution in [0, 0.1) is 46.8 Å². The summed E-state index contributed by atoms with van der Waals surface area (Å²) >= 11 is 5.33. The zero-order chi connectivity index (χ0) is 30.2. The Labute approximate surface area is 245 Å². The Hall–Kier alpha value is -3.00. The third-order valence-electron chi connectivity index (χ3n) is 8.90. The summed E-state index contributed by atoms with van der Waals surface area (Å²) in [7, 11) is 0. The van der Waals surface area contributed by atoms with Gasteiger partial charge in [0.1, 0.15) is 45.4 Å². The van der Waals surface area contributed by atoms with Crippen molar-refractivity contribution in [2.45, 2.75) is 63.4 Å². The Morgan fingerprint density at radius 3 is 1.79 bits per heavy atom. The lowest BCUT2D eigenvalue weighted by Crippen LogP contribution is -2.25. The summed E-state index contributed by atoms with van der Waals surface area (Å²) in [6.45, 7) is 3.91. The van der Waals surface area contributed by atoms with Crippen molar-refractivity contribution < 1.29 is 35.5 Å². The van der Waals surface area contributed by atoms with E-state index in [-0.39, 0.29) is 17.0 Å². The highest BCUT2D eigenvalue weighted by atomic mass is 35.5. The minimum atomic E-state index is -4.65. The number of hydrogen-bond acceptors (Lipinski definition) is 1. The Morgan fingerprint density at radius 1 is 0.714 bits per heavy atom. The van der Waals surface area contributed by atoms with Crippen molar-refractivity contribution in [3.8, 4) is 16.9 Å². The summed E-state index contributed by atoms with van der Waals surface area (Å²) in [5, 5.41) is -0.949. The molecule has 0 aromatic heterocycles. The molecule has 0 saturated heterocycles. The summed E-state index contributed by atoms with van der Waals surface area (Å²) < 4.78 is 106. The molecule has 0 amide bonds. The van der Waals surface area contributed by atoms with E-state index in [9.17, 15) is 26.3 Å². The van der Waals surface area contributed by atoms with Gasteiger partial charge in [-0.1, -0.05) is 29.8 Å². The van der Waals surface area contributed by atoms with E-state index >= 15 is 4.39 Å². The average Bonchev–Trinajstić information content (AvgIpc) is 2.95. The first-order chi connectivity index (χ1) is 20.0. The summed E-state index contributed by atoms with van der Waals surface area (Å²) in [5.41, 5.74) is -1.42. The first-order valence-corrected chi connectivity index (χ1v) is 14.5. The van der Waals surface area contributed by atoms with Crippen molar-refractivity contribution in [3.05, 3.63) is 100 Å². The topological polar surface area (TPSA) is 9.23 Å². The van der Waals surface area contributed by atoms with Gasteiger partial charge >= 0.3 is 6.11 Å². The molecule has 9 heteroatoms. The predicted octanol–water partition coefficient (Wildman–Crippen LogP) is 11.1. The van der Waals surface area contributed by atoms with Gasteiger partial charge in [-0.05, 0) is 104 Å². The smallest absolute Gasteiger partial charge is 0.429 e. The Morgan fingerprint density at radius 2 is 1.26 bits per heavy atom. The third kappa shape index (κ3) is 6.34. The van der Waals surface area contributed by atoms with Crippen LogP contribution in [0.4, 0.5) is 30.7 Å². The number of ether oxygens (including phenoxy) is 1. The molecule has 0 unspecified atom stereocenters. The molecule has 5 rings (SSSR count). The molecule has 2 saturated carbocycles. The van der Waals surface area contributed by atoms with Crippen molar-refractivity contribution in [2.24, 2.45) is 17.8 Å². The molecular formula is C33H30ClF7O. The van der Waals surface area contributed by atoms with Gasteiger partial charge in [0.15, 0.2) is 0 Å². The van der Waals surface area contributed by atoms with Gasteiger partial charge in [0.25, 0.3) is 0 Å². The number of hydrogen-bond donors (Lipinski definition) is 0. The van der Waals surface area contributed by atoms with Crippen molar-refractivity contribution in [1.82, 2.24) is 0 Å². The van der Waals surface area contributed by atoms with E-state index in [4.69, 9.17) is 11.6 Å². The van der Waals surface area contributed by atoms with Crippen LogP contribution in [0.1, 0.15) is 68.4 Å². The lowest BCUT2D eigenvalue weighted by Gasteiger charge is -2.37. The van der Waals surface area contributed by atoms with Crippen LogP contribution in [0.2, 0.25) is 5.02 Å². The van der Waals surface area contributed by atoms with E-state index in [0.29, 0.717) is 36.1 Å². The van der Waals surface area contributed by atoms with Crippen LogP contribution in [0.25, 0.3) is 11.1 Å². The van der Waals surface area contributed by atoms with Gasteiger partial charge in [0.05, 0.1) is 0 Å². The van der Waals surface area contributed by atoms with Crippen LogP contribution in [-0.2, 0) is 6.11 Å². The molecule has 224 valence electrons. The number of benzene rings is 3. The molecule has 3 aromatic carbocycles. The minimum absolute atomic E-state index is 0.151. The van der Waals surface area contributed by atoms with Gasteiger partial charge in [-0.25, -0.2) is 22.0 Å². The average molecular weight is 611 g/mol. The lowest BCUT2D eigenvalue weighted by atomic mass is 9.68. The van der Waals surface area contributed by atoms with Crippen LogP contribution in [-0.4, -0.2) is 0 Å². The van der Waals surface area contributed by atoms with E-state index < -0.39 is 51.5 Å². The van der Waals surface area contributed by atoms with E-state index in [1.807, 2.05) is 0 Å².